The molecule has 3 N–H and O–H groups in total. The monoisotopic (exact) mass is 385 g/mol. The highest BCUT2D eigenvalue weighted by Gasteiger charge is 2.16. The van der Waals surface area contributed by atoms with E-state index >= 15 is 0 Å². The topological polar surface area (TPSA) is 92.6 Å². The summed E-state index contributed by atoms with van der Waals surface area (Å²) in [7, 11) is 0. The van der Waals surface area contributed by atoms with Crippen molar-refractivity contribution >= 4 is 22.9 Å². The number of halogens is 1. The summed E-state index contributed by atoms with van der Waals surface area (Å²) in [6.07, 6.45) is 0. The van der Waals surface area contributed by atoms with Gasteiger partial charge in [0.2, 0.25) is 0 Å². The van der Waals surface area contributed by atoms with Gasteiger partial charge in [0.25, 0.3) is 5.91 Å². The Bertz CT molecular complexity index is 985. The fraction of sp³-hybridized carbons (Fsp3) is 0.200. The minimum absolute atomic E-state index is 0.218. The molecule has 8 heteroatoms. The van der Waals surface area contributed by atoms with Gasteiger partial charge in [0.15, 0.2) is 11.3 Å². The number of hydrogen-bond acceptors (Lipinski definition) is 4. The van der Waals surface area contributed by atoms with E-state index in [1.165, 1.54) is 12.1 Å². The number of hydrazine groups is 1. The van der Waals surface area contributed by atoms with Crippen LogP contribution in [-0.2, 0) is 0 Å². The van der Waals surface area contributed by atoms with Gasteiger partial charge in [-0.1, -0.05) is 12.1 Å². The second kappa shape index (κ2) is 8.43. The summed E-state index contributed by atoms with van der Waals surface area (Å²) in [4.78, 5) is 24.0. The van der Waals surface area contributed by atoms with Crippen LogP contribution in [0, 0.1) is 5.82 Å². The van der Waals surface area contributed by atoms with Gasteiger partial charge >= 0.3 is 6.03 Å². The van der Waals surface area contributed by atoms with Crippen molar-refractivity contribution in [3.8, 4) is 5.75 Å². The molecular weight excluding hydrogens is 365 g/mol. The molecule has 0 aliphatic rings. The molecule has 0 saturated heterocycles. The molecule has 7 nitrogen and oxygen atoms in total. The van der Waals surface area contributed by atoms with Crippen molar-refractivity contribution in [1.82, 2.24) is 16.2 Å². The molecule has 0 spiro atoms. The van der Waals surface area contributed by atoms with Crippen molar-refractivity contribution in [3.63, 3.8) is 0 Å². The Morgan fingerprint density at radius 3 is 2.61 bits per heavy atom. The maximum Gasteiger partial charge on any atom is 0.334 e. The number of urea groups is 1. The molecular formula is C20H20FN3O4. The van der Waals surface area contributed by atoms with Crippen molar-refractivity contribution in [1.29, 1.82) is 0 Å². The predicted octanol–water partition coefficient (Wildman–Crippen LogP) is 3.68. The smallest absolute Gasteiger partial charge is 0.334 e. The van der Waals surface area contributed by atoms with Crippen LogP contribution in [0.2, 0.25) is 0 Å². The second-order valence-electron chi connectivity index (χ2n) is 6.04. The molecule has 0 bridgehead atoms. The average molecular weight is 385 g/mol. The summed E-state index contributed by atoms with van der Waals surface area (Å²) in [5, 5.41) is 3.53. The summed E-state index contributed by atoms with van der Waals surface area (Å²) in [6, 6.07) is 11.3. The molecule has 0 unspecified atom stereocenters. The number of nitrogens with one attached hydrogen (secondary N) is 3. The first kappa shape index (κ1) is 19.2. The van der Waals surface area contributed by atoms with E-state index in [-0.39, 0.29) is 5.56 Å². The Labute approximate surface area is 160 Å². The lowest BCUT2D eigenvalue weighted by Gasteiger charge is -2.13. The number of ether oxygens (including phenoxy) is 1. The molecule has 3 aromatic rings. The van der Waals surface area contributed by atoms with E-state index in [1.54, 1.807) is 6.92 Å². The van der Waals surface area contributed by atoms with E-state index < -0.39 is 23.8 Å². The van der Waals surface area contributed by atoms with Crippen LogP contribution in [0.3, 0.4) is 0 Å². The van der Waals surface area contributed by atoms with Gasteiger partial charge in [0.05, 0.1) is 12.6 Å². The number of rotatable bonds is 5. The van der Waals surface area contributed by atoms with Crippen molar-refractivity contribution in [2.24, 2.45) is 0 Å². The Morgan fingerprint density at radius 2 is 1.89 bits per heavy atom. The van der Waals surface area contributed by atoms with Gasteiger partial charge in [-0.2, -0.15) is 0 Å². The first-order valence-electron chi connectivity index (χ1n) is 8.75. The molecule has 1 aromatic heterocycles. The molecule has 0 radical (unpaired) electrons. The Hall–Kier alpha value is -3.55. The molecule has 1 atom stereocenters. The number of para-hydroxylation sites is 1. The third-order valence-corrected chi connectivity index (χ3v) is 4.00. The molecule has 28 heavy (non-hydrogen) atoms. The van der Waals surface area contributed by atoms with Crippen molar-refractivity contribution in [2.45, 2.75) is 19.9 Å². The standard InChI is InChI=1S/C20H20FN3O4/c1-3-27-16-6-4-5-14-11-17(28-18(14)16)12(2)22-20(26)24-23-19(25)13-7-9-15(21)10-8-13/h4-12H,3H2,1-2H3,(H,23,25)(H2,22,24,26)/t12-/m1/s1. The van der Waals surface area contributed by atoms with Gasteiger partial charge in [-0.15, -0.1) is 0 Å². The number of carbonyl (C=O) groups excluding carboxylic acids is 2. The maximum atomic E-state index is 12.9. The highest BCUT2D eigenvalue weighted by Crippen LogP contribution is 2.31. The van der Waals surface area contributed by atoms with Crippen LogP contribution >= 0.6 is 0 Å². The molecule has 1 heterocycles. The lowest BCUT2D eigenvalue weighted by atomic mass is 10.2. The van der Waals surface area contributed by atoms with Gasteiger partial charge in [-0.25, -0.2) is 14.6 Å². The summed E-state index contributed by atoms with van der Waals surface area (Å²) >= 11 is 0. The summed E-state index contributed by atoms with van der Waals surface area (Å²) in [6.45, 7) is 4.15. The maximum absolute atomic E-state index is 12.9. The Kier molecular flexibility index (Phi) is 5.78. The zero-order chi connectivity index (χ0) is 20.1. The summed E-state index contributed by atoms with van der Waals surface area (Å²) < 4.78 is 24.3. The normalized spacial score (nSPS) is 11.7. The highest BCUT2D eigenvalue weighted by atomic mass is 19.1. The number of fused-ring (bicyclic) bond motifs is 1. The minimum atomic E-state index is -0.617. The van der Waals surface area contributed by atoms with Gasteiger partial charge in [-0.05, 0) is 50.2 Å². The SMILES string of the molecule is CCOc1cccc2cc([C@@H](C)NC(=O)NNC(=O)c3ccc(F)cc3)oc12. The third kappa shape index (κ3) is 4.40. The molecule has 0 fully saturated rings. The zero-order valence-corrected chi connectivity index (χ0v) is 15.4. The molecule has 0 aliphatic carbocycles. The quantitative estimate of drug-likeness (QED) is 0.584. The van der Waals surface area contributed by atoms with Gasteiger partial charge < -0.3 is 14.5 Å². The average Bonchev–Trinajstić information content (AvgIpc) is 3.12. The van der Waals surface area contributed by atoms with E-state index in [4.69, 9.17) is 9.15 Å². The number of hydrogen-bond donors (Lipinski definition) is 3. The van der Waals surface area contributed by atoms with Gasteiger partial charge in [-0.3, -0.25) is 10.2 Å². The highest BCUT2D eigenvalue weighted by molar-refractivity contribution is 5.95. The molecule has 3 rings (SSSR count). The molecule has 146 valence electrons. The Balaban J connectivity index is 1.59. The number of benzene rings is 2. The van der Waals surface area contributed by atoms with E-state index in [9.17, 15) is 14.0 Å². The van der Waals surface area contributed by atoms with Crippen LogP contribution in [0.5, 0.6) is 5.75 Å². The van der Waals surface area contributed by atoms with Crippen LogP contribution in [0.25, 0.3) is 11.0 Å². The van der Waals surface area contributed by atoms with Gasteiger partial charge in [0.1, 0.15) is 11.6 Å². The van der Waals surface area contributed by atoms with Crippen molar-refractivity contribution in [3.05, 3.63) is 65.7 Å². The fourth-order valence-electron chi connectivity index (χ4n) is 2.63. The van der Waals surface area contributed by atoms with E-state index in [0.29, 0.717) is 23.7 Å². The molecule has 0 saturated carbocycles. The molecule has 0 aliphatic heterocycles. The fourth-order valence-corrected chi connectivity index (χ4v) is 2.63. The second-order valence-corrected chi connectivity index (χ2v) is 6.04. The van der Waals surface area contributed by atoms with E-state index in [1.807, 2.05) is 31.2 Å². The number of amides is 3. The molecule has 2 aromatic carbocycles. The lowest BCUT2D eigenvalue weighted by Crippen LogP contribution is -2.47. The summed E-state index contributed by atoms with van der Waals surface area (Å²) in [5.41, 5.74) is 5.33. The van der Waals surface area contributed by atoms with Crippen molar-refractivity contribution < 1.29 is 23.1 Å². The number of furan rings is 1. The Morgan fingerprint density at radius 1 is 1.14 bits per heavy atom. The number of carbonyl (C=O) groups is 2. The van der Waals surface area contributed by atoms with Crippen LogP contribution in [0.1, 0.15) is 36.0 Å². The van der Waals surface area contributed by atoms with E-state index in [2.05, 4.69) is 16.2 Å². The van der Waals surface area contributed by atoms with Crippen LogP contribution in [0.4, 0.5) is 9.18 Å². The van der Waals surface area contributed by atoms with Crippen LogP contribution in [-0.4, -0.2) is 18.5 Å². The van der Waals surface area contributed by atoms with Gasteiger partial charge in [0, 0.05) is 10.9 Å². The van der Waals surface area contributed by atoms with E-state index in [0.717, 1.165) is 17.5 Å². The zero-order valence-electron chi connectivity index (χ0n) is 15.4. The van der Waals surface area contributed by atoms with Crippen LogP contribution in [0.15, 0.2) is 52.9 Å². The largest absolute Gasteiger partial charge is 0.490 e. The summed E-state index contributed by atoms with van der Waals surface area (Å²) in [5.74, 6) is 0.166. The molecule has 3 amide bonds. The first-order valence-corrected chi connectivity index (χ1v) is 8.75. The predicted molar refractivity (Wildman–Crippen MR) is 101 cm³/mol. The minimum Gasteiger partial charge on any atom is -0.490 e. The third-order valence-electron chi connectivity index (χ3n) is 4.00. The lowest BCUT2D eigenvalue weighted by molar-refractivity contribution is 0.0935. The van der Waals surface area contributed by atoms with Crippen LogP contribution < -0.4 is 20.9 Å². The first-order chi connectivity index (χ1) is 13.5. The van der Waals surface area contributed by atoms with Crippen molar-refractivity contribution in [2.75, 3.05) is 6.61 Å².